The third-order valence-electron chi connectivity index (χ3n) is 3.07. The summed E-state index contributed by atoms with van der Waals surface area (Å²) in [6, 6.07) is 13.8. The molecular weight excluding hydrogens is 360 g/mol. The lowest BCUT2D eigenvalue weighted by molar-refractivity contribution is -0.111. The van der Waals surface area contributed by atoms with Crippen LogP contribution in [0, 0.1) is 6.92 Å². The third-order valence-corrected chi connectivity index (χ3v) is 4.53. The second kappa shape index (κ2) is 6.42. The molecule has 0 atom stereocenters. The quantitative estimate of drug-likeness (QED) is 0.655. The largest absolute Gasteiger partial charge is 0.298 e. The van der Waals surface area contributed by atoms with Gasteiger partial charge in [-0.05, 0) is 48.4 Å². The zero-order valence-corrected chi connectivity index (χ0v) is 14.2. The normalized spacial score (nSPS) is 11.2. The van der Waals surface area contributed by atoms with Gasteiger partial charge in [0.25, 0.3) is 0 Å². The molecule has 0 aliphatic heterocycles. The van der Waals surface area contributed by atoms with E-state index in [0.717, 1.165) is 20.3 Å². The fourth-order valence-corrected chi connectivity index (χ4v) is 3.21. The Morgan fingerprint density at radius 1 is 1.23 bits per heavy atom. The second-order valence-electron chi connectivity index (χ2n) is 4.86. The van der Waals surface area contributed by atoms with Gasteiger partial charge in [-0.15, -0.1) is 0 Å². The molecule has 1 heterocycles. The molecule has 0 aliphatic carbocycles. The van der Waals surface area contributed by atoms with Gasteiger partial charge in [-0.25, -0.2) is 4.98 Å². The molecule has 0 unspecified atom stereocenters. The standard InChI is InChI=1S/C17H13BrN2OS/c1-11-2-8-14-15(10-11)22-17(19-14)20-16(21)9-5-12-3-6-13(18)7-4-12/h2-10H,1H3,(H,19,20,21). The second-order valence-corrected chi connectivity index (χ2v) is 6.81. The van der Waals surface area contributed by atoms with Crippen LogP contribution < -0.4 is 5.32 Å². The molecule has 1 N–H and O–H groups in total. The highest BCUT2D eigenvalue weighted by Crippen LogP contribution is 2.26. The zero-order valence-electron chi connectivity index (χ0n) is 11.8. The fraction of sp³-hybridized carbons (Fsp3) is 0.0588. The van der Waals surface area contributed by atoms with Crippen LogP contribution in [0.25, 0.3) is 16.3 Å². The fourth-order valence-electron chi connectivity index (χ4n) is 1.98. The molecule has 0 spiro atoms. The summed E-state index contributed by atoms with van der Waals surface area (Å²) < 4.78 is 2.09. The van der Waals surface area contributed by atoms with Crippen molar-refractivity contribution in [3.8, 4) is 0 Å². The highest BCUT2D eigenvalue weighted by atomic mass is 79.9. The number of nitrogens with one attached hydrogen (secondary N) is 1. The van der Waals surface area contributed by atoms with Crippen LogP contribution in [0.3, 0.4) is 0 Å². The first-order chi connectivity index (χ1) is 10.6. The Hall–Kier alpha value is -1.98. The number of nitrogens with zero attached hydrogens (tertiary/aromatic N) is 1. The molecule has 0 bridgehead atoms. The molecule has 0 saturated heterocycles. The molecule has 110 valence electrons. The van der Waals surface area contributed by atoms with Crippen molar-refractivity contribution in [1.29, 1.82) is 0 Å². The highest BCUT2D eigenvalue weighted by molar-refractivity contribution is 9.10. The zero-order chi connectivity index (χ0) is 15.5. The molecule has 1 amide bonds. The molecule has 3 aromatic rings. The maximum absolute atomic E-state index is 12.0. The van der Waals surface area contributed by atoms with E-state index in [1.54, 1.807) is 6.08 Å². The smallest absolute Gasteiger partial charge is 0.250 e. The van der Waals surface area contributed by atoms with Crippen LogP contribution in [0.2, 0.25) is 0 Å². The molecule has 1 aromatic heterocycles. The molecule has 2 aromatic carbocycles. The number of halogens is 1. The highest BCUT2D eigenvalue weighted by Gasteiger charge is 2.05. The van der Waals surface area contributed by atoms with Gasteiger partial charge in [0.15, 0.2) is 5.13 Å². The van der Waals surface area contributed by atoms with Gasteiger partial charge in [-0.3, -0.25) is 10.1 Å². The number of amides is 1. The average Bonchev–Trinajstić information content (AvgIpc) is 2.88. The van der Waals surface area contributed by atoms with Gasteiger partial charge < -0.3 is 0 Å². The summed E-state index contributed by atoms with van der Waals surface area (Å²) in [5, 5.41) is 3.42. The van der Waals surface area contributed by atoms with Crippen molar-refractivity contribution in [3.63, 3.8) is 0 Å². The first-order valence-corrected chi connectivity index (χ1v) is 8.33. The number of thiazole rings is 1. The van der Waals surface area contributed by atoms with Crippen molar-refractivity contribution in [2.24, 2.45) is 0 Å². The summed E-state index contributed by atoms with van der Waals surface area (Å²) >= 11 is 4.86. The number of fused-ring (bicyclic) bond motifs is 1. The lowest BCUT2D eigenvalue weighted by Crippen LogP contribution is -2.07. The topological polar surface area (TPSA) is 42.0 Å². The van der Waals surface area contributed by atoms with E-state index < -0.39 is 0 Å². The van der Waals surface area contributed by atoms with Crippen molar-refractivity contribution in [2.45, 2.75) is 6.92 Å². The number of hydrogen-bond donors (Lipinski definition) is 1. The van der Waals surface area contributed by atoms with Crippen LogP contribution in [0.1, 0.15) is 11.1 Å². The van der Waals surface area contributed by atoms with E-state index in [9.17, 15) is 4.79 Å². The summed E-state index contributed by atoms with van der Waals surface area (Å²) in [6.07, 6.45) is 3.29. The Kier molecular flexibility index (Phi) is 4.36. The number of aryl methyl sites for hydroxylation is 1. The van der Waals surface area contributed by atoms with Crippen LogP contribution in [0.4, 0.5) is 5.13 Å². The Morgan fingerprint density at radius 2 is 2.00 bits per heavy atom. The van der Waals surface area contributed by atoms with Gasteiger partial charge in [0.1, 0.15) is 0 Å². The number of hydrogen-bond acceptors (Lipinski definition) is 3. The SMILES string of the molecule is Cc1ccc2nc(NC(=O)C=Cc3ccc(Br)cc3)sc2c1. The average molecular weight is 373 g/mol. The van der Waals surface area contributed by atoms with Crippen LogP contribution in [0.15, 0.2) is 53.0 Å². The van der Waals surface area contributed by atoms with Gasteiger partial charge in [0.2, 0.25) is 5.91 Å². The van der Waals surface area contributed by atoms with Gasteiger partial charge >= 0.3 is 0 Å². The number of benzene rings is 2. The van der Waals surface area contributed by atoms with E-state index in [4.69, 9.17) is 0 Å². The van der Waals surface area contributed by atoms with E-state index in [2.05, 4.69) is 32.3 Å². The molecule has 22 heavy (non-hydrogen) atoms. The van der Waals surface area contributed by atoms with Gasteiger partial charge in [0, 0.05) is 10.5 Å². The minimum Gasteiger partial charge on any atom is -0.298 e. The summed E-state index contributed by atoms with van der Waals surface area (Å²) in [5.74, 6) is -0.182. The van der Waals surface area contributed by atoms with Crippen molar-refractivity contribution in [2.75, 3.05) is 5.32 Å². The molecule has 3 rings (SSSR count). The first kappa shape index (κ1) is 14.9. The monoisotopic (exact) mass is 372 g/mol. The number of carbonyl (C=O) groups excluding carboxylic acids is 1. The Bertz CT molecular complexity index is 853. The molecule has 3 nitrogen and oxygen atoms in total. The van der Waals surface area contributed by atoms with Crippen molar-refractivity contribution in [1.82, 2.24) is 4.98 Å². The van der Waals surface area contributed by atoms with Crippen molar-refractivity contribution in [3.05, 3.63) is 64.1 Å². The molecule has 0 radical (unpaired) electrons. The van der Waals surface area contributed by atoms with Gasteiger partial charge in [-0.2, -0.15) is 0 Å². The Labute approximate surface area is 140 Å². The third kappa shape index (κ3) is 3.61. The number of carbonyl (C=O) groups is 1. The predicted octanol–water partition coefficient (Wildman–Crippen LogP) is 5.02. The van der Waals surface area contributed by atoms with Crippen LogP contribution in [0.5, 0.6) is 0 Å². The lowest BCUT2D eigenvalue weighted by atomic mass is 10.2. The van der Waals surface area contributed by atoms with Gasteiger partial charge in [-0.1, -0.05) is 45.5 Å². The molecule has 0 saturated carbocycles. The van der Waals surface area contributed by atoms with E-state index in [-0.39, 0.29) is 5.91 Å². The van der Waals surface area contributed by atoms with E-state index in [0.29, 0.717) is 5.13 Å². The maximum Gasteiger partial charge on any atom is 0.250 e. The Balaban J connectivity index is 1.71. The predicted molar refractivity (Wildman–Crippen MR) is 96.2 cm³/mol. The van der Waals surface area contributed by atoms with Crippen LogP contribution >= 0.6 is 27.3 Å². The van der Waals surface area contributed by atoms with E-state index in [1.807, 2.05) is 43.3 Å². The molecular formula is C17H13BrN2OS. The molecule has 5 heteroatoms. The summed E-state index contributed by atoms with van der Waals surface area (Å²) in [5.41, 5.74) is 3.06. The summed E-state index contributed by atoms with van der Waals surface area (Å²) in [7, 11) is 0. The van der Waals surface area contributed by atoms with Gasteiger partial charge in [0.05, 0.1) is 10.2 Å². The summed E-state index contributed by atoms with van der Waals surface area (Å²) in [6.45, 7) is 2.04. The number of aromatic nitrogens is 1. The maximum atomic E-state index is 12.0. The van der Waals surface area contributed by atoms with E-state index >= 15 is 0 Å². The first-order valence-electron chi connectivity index (χ1n) is 6.72. The summed E-state index contributed by atoms with van der Waals surface area (Å²) in [4.78, 5) is 16.4. The van der Waals surface area contributed by atoms with Crippen LogP contribution in [-0.4, -0.2) is 10.9 Å². The van der Waals surface area contributed by atoms with E-state index in [1.165, 1.54) is 23.0 Å². The lowest BCUT2D eigenvalue weighted by Gasteiger charge is -1.96. The molecule has 0 aliphatic rings. The van der Waals surface area contributed by atoms with Crippen molar-refractivity contribution >= 4 is 54.6 Å². The van der Waals surface area contributed by atoms with Crippen molar-refractivity contribution < 1.29 is 4.79 Å². The molecule has 0 fully saturated rings. The minimum absolute atomic E-state index is 0.182. The minimum atomic E-state index is -0.182. The number of anilines is 1. The Morgan fingerprint density at radius 3 is 2.77 bits per heavy atom. The number of rotatable bonds is 3. The van der Waals surface area contributed by atoms with Crippen LogP contribution in [-0.2, 0) is 4.79 Å².